The summed E-state index contributed by atoms with van der Waals surface area (Å²) < 4.78 is 0. The highest BCUT2D eigenvalue weighted by molar-refractivity contribution is 5.95. The highest BCUT2D eigenvalue weighted by Crippen LogP contribution is 2.44. The molecule has 5 rings (SSSR count). The molecule has 4 aromatic rings. The lowest BCUT2D eigenvalue weighted by molar-refractivity contribution is 0.933. The van der Waals surface area contributed by atoms with Crippen LogP contribution in [0.25, 0.3) is 33.5 Å². The number of rotatable bonds is 2. The predicted octanol–water partition coefficient (Wildman–Crippen LogP) is 6.18. The van der Waals surface area contributed by atoms with Crippen LogP contribution in [0.4, 0.5) is 0 Å². The molecule has 0 aliphatic heterocycles. The van der Waals surface area contributed by atoms with Crippen LogP contribution in [0.1, 0.15) is 11.1 Å². The maximum atomic E-state index is 4.91. The Balaban J connectivity index is 1.88. The van der Waals surface area contributed by atoms with Gasteiger partial charge in [0.1, 0.15) is 0 Å². The summed E-state index contributed by atoms with van der Waals surface area (Å²) in [5.74, 6) is 0. The van der Waals surface area contributed by atoms with E-state index in [1.807, 2.05) is 0 Å². The maximum Gasteiger partial charge on any atom is 0.0786 e. The summed E-state index contributed by atoms with van der Waals surface area (Å²) in [5, 5.41) is 0. The van der Waals surface area contributed by atoms with E-state index in [1.165, 1.54) is 33.4 Å². The van der Waals surface area contributed by atoms with Crippen LogP contribution in [0.15, 0.2) is 91.1 Å². The van der Waals surface area contributed by atoms with E-state index < -0.39 is 0 Å². The van der Waals surface area contributed by atoms with Gasteiger partial charge in [0.25, 0.3) is 0 Å². The second-order valence-corrected chi connectivity index (χ2v) is 6.77. The normalized spacial score (nSPS) is 12.3. The maximum absolute atomic E-state index is 4.91. The van der Waals surface area contributed by atoms with Gasteiger partial charge in [0.05, 0.1) is 5.69 Å². The number of hydrogen-bond donors (Lipinski definition) is 0. The smallest absolute Gasteiger partial charge is 0.0786 e. The summed E-state index contributed by atoms with van der Waals surface area (Å²) >= 11 is 0. The molecule has 124 valence electrons. The molecule has 0 N–H and O–H groups in total. The first-order valence-electron chi connectivity index (χ1n) is 9.13. The van der Waals surface area contributed by atoms with Crippen LogP contribution < -0.4 is 0 Å². The number of benzene rings is 3. The summed E-state index contributed by atoms with van der Waals surface area (Å²) in [6.07, 6.45) is 4.22. The standard InChI is InChI=1S/C25H19N/c1-3-10-19(11-4-1)24-23-21(16-15-18-9-7-8-14-22(18)23)17-26-25(24)20-12-5-2-6-13-20/h1-14,17H,15-16H2. The minimum absolute atomic E-state index is 1.05. The van der Waals surface area contributed by atoms with Gasteiger partial charge in [-0.05, 0) is 40.7 Å². The first-order valence-corrected chi connectivity index (χ1v) is 9.13. The Bertz CT molecular complexity index is 1070. The molecule has 0 amide bonds. The van der Waals surface area contributed by atoms with Gasteiger partial charge in [-0.1, -0.05) is 84.9 Å². The molecular formula is C25H19N. The fourth-order valence-electron chi connectivity index (χ4n) is 4.00. The zero-order valence-corrected chi connectivity index (χ0v) is 14.5. The van der Waals surface area contributed by atoms with E-state index in [0.29, 0.717) is 0 Å². The minimum atomic E-state index is 1.05. The molecule has 1 aliphatic rings. The van der Waals surface area contributed by atoms with Crippen molar-refractivity contribution in [3.05, 3.63) is 102 Å². The van der Waals surface area contributed by atoms with E-state index in [0.717, 1.165) is 24.1 Å². The Morgan fingerprint density at radius 3 is 1.92 bits per heavy atom. The summed E-state index contributed by atoms with van der Waals surface area (Å²) in [4.78, 5) is 4.91. The number of nitrogens with zero attached hydrogens (tertiary/aromatic N) is 1. The molecule has 1 aromatic heterocycles. The van der Waals surface area contributed by atoms with Crippen molar-refractivity contribution in [2.45, 2.75) is 12.8 Å². The molecule has 1 heterocycles. The lowest BCUT2D eigenvalue weighted by atomic mass is 9.81. The Labute approximate surface area is 154 Å². The highest BCUT2D eigenvalue weighted by Gasteiger charge is 2.23. The third-order valence-electron chi connectivity index (χ3n) is 5.22. The molecular weight excluding hydrogens is 314 g/mol. The molecule has 0 fully saturated rings. The highest BCUT2D eigenvalue weighted by atomic mass is 14.7. The fraction of sp³-hybridized carbons (Fsp3) is 0.0800. The van der Waals surface area contributed by atoms with E-state index in [9.17, 15) is 0 Å². The second kappa shape index (κ2) is 6.27. The largest absolute Gasteiger partial charge is 0.255 e. The molecule has 0 spiro atoms. The number of aromatic nitrogens is 1. The zero-order valence-electron chi connectivity index (χ0n) is 14.5. The van der Waals surface area contributed by atoms with Crippen molar-refractivity contribution < 1.29 is 0 Å². The summed E-state index contributed by atoms with van der Waals surface area (Å²) in [5.41, 5.74) is 10.2. The van der Waals surface area contributed by atoms with Crippen molar-refractivity contribution in [3.63, 3.8) is 0 Å². The molecule has 0 unspecified atom stereocenters. The van der Waals surface area contributed by atoms with Crippen LogP contribution in [-0.4, -0.2) is 4.98 Å². The monoisotopic (exact) mass is 333 g/mol. The lowest BCUT2D eigenvalue weighted by Gasteiger charge is -2.24. The van der Waals surface area contributed by atoms with E-state index in [-0.39, 0.29) is 0 Å². The Morgan fingerprint density at radius 2 is 1.15 bits per heavy atom. The average Bonchev–Trinajstić information content (AvgIpc) is 2.74. The first kappa shape index (κ1) is 15.1. The van der Waals surface area contributed by atoms with Gasteiger partial charge in [0.2, 0.25) is 0 Å². The molecule has 1 nitrogen and oxygen atoms in total. The number of fused-ring (bicyclic) bond motifs is 3. The number of aryl methyl sites for hydroxylation is 2. The zero-order chi connectivity index (χ0) is 17.3. The van der Waals surface area contributed by atoms with Crippen LogP contribution in [0, 0.1) is 0 Å². The first-order chi connectivity index (χ1) is 12.9. The van der Waals surface area contributed by atoms with E-state index >= 15 is 0 Å². The van der Waals surface area contributed by atoms with Crippen LogP contribution in [0.2, 0.25) is 0 Å². The Kier molecular flexibility index (Phi) is 3.64. The SMILES string of the molecule is c1ccc(-c2ncc3c(c2-c2ccccc2)-c2ccccc2CC3)cc1. The average molecular weight is 333 g/mol. The Morgan fingerprint density at radius 1 is 0.538 bits per heavy atom. The molecule has 26 heavy (non-hydrogen) atoms. The van der Waals surface area contributed by atoms with Crippen LogP contribution in [0.5, 0.6) is 0 Å². The summed E-state index contributed by atoms with van der Waals surface area (Å²) in [6.45, 7) is 0. The van der Waals surface area contributed by atoms with Crippen LogP contribution in [0.3, 0.4) is 0 Å². The quantitative estimate of drug-likeness (QED) is 0.427. The lowest BCUT2D eigenvalue weighted by Crippen LogP contribution is -2.07. The van der Waals surface area contributed by atoms with Gasteiger partial charge in [0, 0.05) is 17.3 Å². The third kappa shape index (κ3) is 2.44. The second-order valence-electron chi connectivity index (χ2n) is 6.77. The molecule has 0 saturated carbocycles. The molecule has 1 heteroatoms. The van der Waals surface area contributed by atoms with Gasteiger partial charge in [0.15, 0.2) is 0 Å². The van der Waals surface area contributed by atoms with Gasteiger partial charge >= 0.3 is 0 Å². The Hall–Kier alpha value is -3.19. The van der Waals surface area contributed by atoms with Gasteiger partial charge < -0.3 is 0 Å². The molecule has 1 aliphatic carbocycles. The summed E-state index contributed by atoms with van der Waals surface area (Å²) in [7, 11) is 0. The van der Waals surface area contributed by atoms with E-state index in [1.54, 1.807) is 0 Å². The molecule has 0 radical (unpaired) electrons. The molecule has 0 bridgehead atoms. The van der Waals surface area contributed by atoms with Gasteiger partial charge in [-0.15, -0.1) is 0 Å². The fourth-order valence-corrected chi connectivity index (χ4v) is 4.00. The van der Waals surface area contributed by atoms with Gasteiger partial charge in [-0.2, -0.15) is 0 Å². The topological polar surface area (TPSA) is 12.9 Å². The summed E-state index contributed by atoms with van der Waals surface area (Å²) in [6, 6.07) is 30.0. The van der Waals surface area contributed by atoms with Crippen LogP contribution >= 0.6 is 0 Å². The number of pyridine rings is 1. The predicted molar refractivity (Wildman–Crippen MR) is 108 cm³/mol. The van der Waals surface area contributed by atoms with Crippen molar-refractivity contribution in [3.8, 4) is 33.5 Å². The molecule has 3 aromatic carbocycles. The van der Waals surface area contributed by atoms with Crippen molar-refractivity contribution in [2.24, 2.45) is 0 Å². The molecule has 0 atom stereocenters. The minimum Gasteiger partial charge on any atom is -0.255 e. The van der Waals surface area contributed by atoms with Crippen LogP contribution in [-0.2, 0) is 12.8 Å². The van der Waals surface area contributed by atoms with Crippen molar-refractivity contribution in [2.75, 3.05) is 0 Å². The molecule has 0 saturated heterocycles. The van der Waals surface area contributed by atoms with E-state index in [2.05, 4.69) is 91.1 Å². The van der Waals surface area contributed by atoms with Gasteiger partial charge in [-0.3, -0.25) is 4.98 Å². The van der Waals surface area contributed by atoms with E-state index in [4.69, 9.17) is 4.98 Å². The van der Waals surface area contributed by atoms with Gasteiger partial charge in [-0.25, -0.2) is 0 Å². The van der Waals surface area contributed by atoms with Crippen molar-refractivity contribution >= 4 is 0 Å². The van der Waals surface area contributed by atoms with Crippen molar-refractivity contribution in [1.29, 1.82) is 0 Å². The number of hydrogen-bond acceptors (Lipinski definition) is 1. The van der Waals surface area contributed by atoms with Crippen molar-refractivity contribution in [1.82, 2.24) is 4.98 Å². The third-order valence-corrected chi connectivity index (χ3v) is 5.22.